The number of sulfonamides is 1. The number of nitrogens with one attached hydrogen (secondary N) is 1. The molecule has 0 bridgehead atoms. The van der Waals surface area contributed by atoms with Gasteiger partial charge in [-0.3, -0.25) is 9.10 Å². The van der Waals surface area contributed by atoms with Crippen LogP contribution in [-0.4, -0.2) is 33.2 Å². The molecule has 140 valence electrons. The van der Waals surface area contributed by atoms with Gasteiger partial charge in [-0.25, -0.2) is 12.8 Å². The van der Waals surface area contributed by atoms with Crippen molar-refractivity contribution in [1.29, 1.82) is 0 Å². The maximum Gasteiger partial charge on any atom is 0.247 e. The maximum atomic E-state index is 13.5. The summed E-state index contributed by atoms with van der Waals surface area (Å²) in [5, 5.41) is 2.65. The zero-order chi connectivity index (χ0) is 19.3. The Balaban J connectivity index is 2.22. The van der Waals surface area contributed by atoms with Crippen molar-refractivity contribution in [3.05, 3.63) is 54.3 Å². The number of nitrogens with zero attached hydrogens (tertiary/aromatic N) is 1. The minimum atomic E-state index is -3.80. The molecule has 8 heteroatoms. The highest BCUT2D eigenvalue weighted by Crippen LogP contribution is 2.23. The third-order valence-corrected chi connectivity index (χ3v) is 4.83. The SMILES string of the molecule is CCOc1ccc(NC(=O)[C@H](C)N(c2cccc(F)c2)S(C)(=O)=O)cc1. The van der Waals surface area contributed by atoms with Crippen LogP contribution < -0.4 is 14.4 Å². The van der Waals surface area contributed by atoms with Gasteiger partial charge in [0.1, 0.15) is 17.6 Å². The third kappa shape index (κ3) is 4.95. The smallest absolute Gasteiger partial charge is 0.247 e. The van der Waals surface area contributed by atoms with Gasteiger partial charge in [0.2, 0.25) is 15.9 Å². The van der Waals surface area contributed by atoms with Gasteiger partial charge in [-0.2, -0.15) is 0 Å². The molecule has 0 saturated carbocycles. The summed E-state index contributed by atoms with van der Waals surface area (Å²) in [7, 11) is -3.80. The molecule has 1 N–H and O–H groups in total. The molecule has 6 nitrogen and oxygen atoms in total. The Kier molecular flexibility index (Phi) is 6.20. The van der Waals surface area contributed by atoms with E-state index in [4.69, 9.17) is 4.74 Å². The van der Waals surface area contributed by atoms with Gasteiger partial charge >= 0.3 is 0 Å². The number of halogens is 1. The van der Waals surface area contributed by atoms with Crippen LogP contribution in [0.2, 0.25) is 0 Å². The van der Waals surface area contributed by atoms with E-state index in [0.717, 1.165) is 16.6 Å². The first-order chi connectivity index (χ1) is 12.2. The second-order valence-corrected chi connectivity index (χ2v) is 7.52. The summed E-state index contributed by atoms with van der Waals surface area (Å²) in [4.78, 5) is 12.5. The molecule has 0 aliphatic rings. The number of ether oxygens (including phenoxy) is 1. The predicted octanol–water partition coefficient (Wildman–Crippen LogP) is 3.02. The minimum Gasteiger partial charge on any atom is -0.494 e. The topological polar surface area (TPSA) is 75.7 Å². The zero-order valence-electron chi connectivity index (χ0n) is 14.8. The molecule has 0 aliphatic heterocycles. The van der Waals surface area contributed by atoms with Crippen LogP contribution in [0.25, 0.3) is 0 Å². The molecule has 0 spiro atoms. The summed E-state index contributed by atoms with van der Waals surface area (Å²) in [6.07, 6.45) is 0.971. The Morgan fingerprint density at radius 2 is 1.88 bits per heavy atom. The average Bonchev–Trinajstić information content (AvgIpc) is 2.55. The van der Waals surface area contributed by atoms with Gasteiger partial charge < -0.3 is 10.1 Å². The van der Waals surface area contributed by atoms with E-state index in [2.05, 4.69) is 5.32 Å². The quantitative estimate of drug-likeness (QED) is 0.801. The van der Waals surface area contributed by atoms with Crippen LogP contribution in [0, 0.1) is 5.82 Å². The number of amides is 1. The molecular weight excluding hydrogens is 359 g/mol. The van der Waals surface area contributed by atoms with Crippen LogP contribution in [-0.2, 0) is 14.8 Å². The van der Waals surface area contributed by atoms with Gasteiger partial charge in [0.05, 0.1) is 18.6 Å². The van der Waals surface area contributed by atoms with E-state index in [9.17, 15) is 17.6 Å². The predicted molar refractivity (Wildman–Crippen MR) is 99.4 cm³/mol. The van der Waals surface area contributed by atoms with E-state index >= 15 is 0 Å². The van der Waals surface area contributed by atoms with Gasteiger partial charge in [0.15, 0.2) is 0 Å². The molecule has 2 rings (SSSR count). The zero-order valence-corrected chi connectivity index (χ0v) is 15.6. The van der Waals surface area contributed by atoms with Crippen LogP contribution >= 0.6 is 0 Å². The van der Waals surface area contributed by atoms with Crippen molar-refractivity contribution in [1.82, 2.24) is 0 Å². The molecule has 0 aliphatic carbocycles. The number of hydrogen-bond acceptors (Lipinski definition) is 4. The largest absolute Gasteiger partial charge is 0.494 e. The lowest BCUT2D eigenvalue weighted by Crippen LogP contribution is -2.45. The number of carbonyl (C=O) groups is 1. The first kappa shape index (κ1) is 19.7. The third-order valence-electron chi connectivity index (χ3n) is 3.58. The molecule has 0 fully saturated rings. The van der Waals surface area contributed by atoms with Crippen LogP contribution in [0.4, 0.5) is 15.8 Å². The Bertz CT molecular complexity index is 869. The van der Waals surface area contributed by atoms with Crippen LogP contribution in [0.3, 0.4) is 0 Å². The van der Waals surface area contributed by atoms with Crippen molar-refractivity contribution in [2.45, 2.75) is 19.9 Å². The Hall–Kier alpha value is -2.61. The van der Waals surface area contributed by atoms with Crippen LogP contribution in [0.15, 0.2) is 48.5 Å². The first-order valence-corrected chi connectivity index (χ1v) is 9.86. The van der Waals surface area contributed by atoms with E-state index in [1.54, 1.807) is 24.3 Å². The lowest BCUT2D eigenvalue weighted by atomic mass is 10.2. The van der Waals surface area contributed by atoms with Crippen molar-refractivity contribution in [3.63, 3.8) is 0 Å². The molecule has 1 amide bonds. The molecule has 0 saturated heterocycles. The van der Waals surface area contributed by atoms with Gasteiger partial charge in [-0.05, 0) is 56.3 Å². The highest BCUT2D eigenvalue weighted by molar-refractivity contribution is 7.92. The van der Waals surface area contributed by atoms with Gasteiger partial charge in [-0.15, -0.1) is 0 Å². The van der Waals surface area contributed by atoms with E-state index in [0.29, 0.717) is 18.0 Å². The van der Waals surface area contributed by atoms with Gasteiger partial charge in [-0.1, -0.05) is 6.07 Å². The number of hydrogen-bond donors (Lipinski definition) is 1. The minimum absolute atomic E-state index is 0.0850. The van der Waals surface area contributed by atoms with Crippen molar-refractivity contribution in [3.8, 4) is 5.75 Å². The molecule has 0 unspecified atom stereocenters. The molecular formula is C18H21FN2O4S. The number of carbonyl (C=O) groups excluding carboxylic acids is 1. The maximum absolute atomic E-state index is 13.5. The Labute approximate surface area is 152 Å². The van der Waals surface area contributed by atoms with E-state index in [-0.39, 0.29) is 5.69 Å². The van der Waals surface area contributed by atoms with E-state index < -0.39 is 27.8 Å². The Morgan fingerprint density at radius 3 is 2.42 bits per heavy atom. The Morgan fingerprint density at radius 1 is 1.23 bits per heavy atom. The second kappa shape index (κ2) is 8.18. The normalized spacial score (nSPS) is 12.3. The highest BCUT2D eigenvalue weighted by atomic mass is 32.2. The summed E-state index contributed by atoms with van der Waals surface area (Å²) < 4.78 is 44.0. The van der Waals surface area contributed by atoms with Gasteiger partial charge in [0.25, 0.3) is 0 Å². The summed E-state index contributed by atoms with van der Waals surface area (Å²) in [6, 6.07) is 10.7. The van der Waals surface area contributed by atoms with Crippen LogP contribution in [0.1, 0.15) is 13.8 Å². The fraction of sp³-hybridized carbons (Fsp3) is 0.278. The molecule has 2 aromatic rings. The summed E-state index contributed by atoms with van der Waals surface area (Å²) in [5.41, 5.74) is 0.583. The molecule has 2 aromatic carbocycles. The van der Waals surface area contributed by atoms with E-state index in [1.165, 1.54) is 25.1 Å². The number of anilines is 2. The van der Waals surface area contributed by atoms with Gasteiger partial charge in [0, 0.05) is 5.69 Å². The monoisotopic (exact) mass is 380 g/mol. The molecule has 0 aromatic heterocycles. The molecule has 0 radical (unpaired) electrons. The standard InChI is InChI=1S/C18H21FN2O4S/c1-4-25-17-10-8-15(9-11-17)20-18(22)13(2)21(26(3,23)24)16-7-5-6-14(19)12-16/h5-13H,4H2,1-3H3,(H,20,22)/t13-/m0/s1. The fourth-order valence-electron chi connectivity index (χ4n) is 2.47. The lowest BCUT2D eigenvalue weighted by molar-refractivity contribution is -0.116. The average molecular weight is 380 g/mol. The van der Waals surface area contributed by atoms with Crippen molar-refractivity contribution in [2.24, 2.45) is 0 Å². The van der Waals surface area contributed by atoms with Crippen molar-refractivity contribution >= 4 is 27.3 Å². The van der Waals surface area contributed by atoms with Crippen LogP contribution in [0.5, 0.6) is 5.75 Å². The second-order valence-electron chi connectivity index (χ2n) is 5.66. The summed E-state index contributed by atoms with van der Waals surface area (Å²) in [5.74, 6) is -0.463. The van der Waals surface area contributed by atoms with Crippen molar-refractivity contribution in [2.75, 3.05) is 22.5 Å². The first-order valence-electron chi connectivity index (χ1n) is 8.01. The molecule has 26 heavy (non-hydrogen) atoms. The molecule has 1 atom stereocenters. The summed E-state index contributed by atoms with van der Waals surface area (Å²) in [6.45, 7) is 3.83. The fourth-order valence-corrected chi connectivity index (χ4v) is 3.64. The number of rotatable bonds is 7. The van der Waals surface area contributed by atoms with Crippen molar-refractivity contribution < 1.29 is 22.3 Å². The summed E-state index contributed by atoms with van der Waals surface area (Å²) >= 11 is 0. The highest BCUT2D eigenvalue weighted by Gasteiger charge is 2.29. The number of benzene rings is 2. The molecule has 0 heterocycles. The lowest BCUT2D eigenvalue weighted by Gasteiger charge is -2.28. The van der Waals surface area contributed by atoms with E-state index in [1.807, 2.05) is 6.92 Å².